The first-order valence-corrected chi connectivity index (χ1v) is 7.96. The summed E-state index contributed by atoms with van der Waals surface area (Å²) in [4.78, 5) is 11.8. The van der Waals surface area contributed by atoms with E-state index in [-0.39, 0.29) is 29.0 Å². The molecule has 0 aromatic carbocycles. The van der Waals surface area contributed by atoms with Crippen LogP contribution in [0, 0.1) is 19.8 Å². The Morgan fingerprint density at radius 2 is 2.15 bits per heavy atom. The second kappa shape index (κ2) is 5.53. The molecule has 112 valence electrons. The van der Waals surface area contributed by atoms with Crippen LogP contribution in [-0.4, -0.2) is 43.9 Å². The van der Waals surface area contributed by atoms with Gasteiger partial charge in [-0.1, -0.05) is 5.16 Å². The van der Waals surface area contributed by atoms with E-state index in [9.17, 15) is 13.2 Å². The van der Waals surface area contributed by atoms with Crippen LogP contribution in [0.3, 0.4) is 0 Å². The van der Waals surface area contributed by atoms with Crippen molar-refractivity contribution < 1.29 is 17.7 Å². The second-order valence-electron chi connectivity index (χ2n) is 4.97. The lowest BCUT2D eigenvalue weighted by Gasteiger charge is -2.30. The number of hydrogen-bond donors (Lipinski definition) is 1. The fourth-order valence-corrected chi connectivity index (χ4v) is 4.37. The molecule has 0 unspecified atom stereocenters. The van der Waals surface area contributed by atoms with E-state index in [4.69, 9.17) is 4.52 Å². The first-order chi connectivity index (χ1) is 9.37. The summed E-state index contributed by atoms with van der Waals surface area (Å²) in [5, 5.41) is 6.26. The zero-order chi connectivity index (χ0) is 14.9. The zero-order valence-corrected chi connectivity index (χ0v) is 12.7. The van der Waals surface area contributed by atoms with E-state index in [0.29, 0.717) is 25.1 Å². The van der Waals surface area contributed by atoms with Gasteiger partial charge in [0.25, 0.3) is 0 Å². The molecule has 1 aliphatic rings. The molecule has 1 aromatic heterocycles. The van der Waals surface area contributed by atoms with Gasteiger partial charge in [0.2, 0.25) is 15.9 Å². The number of carbonyl (C=O) groups excluding carboxylic acids is 1. The van der Waals surface area contributed by atoms with Gasteiger partial charge in [-0.05, 0) is 26.7 Å². The summed E-state index contributed by atoms with van der Waals surface area (Å²) >= 11 is 0. The van der Waals surface area contributed by atoms with E-state index in [1.807, 2.05) is 0 Å². The maximum Gasteiger partial charge on any atom is 0.248 e. The number of rotatable bonds is 3. The van der Waals surface area contributed by atoms with Crippen LogP contribution in [0.5, 0.6) is 0 Å². The van der Waals surface area contributed by atoms with Crippen LogP contribution in [0.15, 0.2) is 9.42 Å². The highest BCUT2D eigenvalue weighted by Crippen LogP contribution is 2.27. The molecule has 1 amide bonds. The zero-order valence-electron chi connectivity index (χ0n) is 11.8. The summed E-state index contributed by atoms with van der Waals surface area (Å²) in [7, 11) is -2.10. The maximum atomic E-state index is 12.6. The third-order valence-corrected chi connectivity index (χ3v) is 5.68. The van der Waals surface area contributed by atoms with E-state index >= 15 is 0 Å². The average molecular weight is 301 g/mol. The fourth-order valence-electron chi connectivity index (χ4n) is 2.55. The molecule has 2 heterocycles. The van der Waals surface area contributed by atoms with Gasteiger partial charge in [0.15, 0.2) is 5.76 Å². The Bertz CT molecular complexity index is 589. The van der Waals surface area contributed by atoms with Gasteiger partial charge in [-0.15, -0.1) is 0 Å². The predicted molar refractivity (Wildman–Crippen MR) is 71.5 cm³/mol. The number of hydrogen-bond acceptors (Lipinski definition) is 5. The van der Waals surface area contributed by atoms with Crippen LogP contribution in [-0.2, 0) is 14.8 Å². The molecule has 8 heteroatoms. The van der Waals surface area contributed by atoms with Crippen molar-refractivity contribution in [1.82, 2.24) is 14.8 Å². The van der Waals surface area contributed by atoms with Gasteiger partial charge < -0.3 is 9.84 Å². The van der Waals surface area contributed by atoms with Gasteiger partial charge in [-0.3, -0.25) is 4.79 Å². The minimum absolute atomic E-state index is 0.120. The Morgan fingerprint density at radius 1 is 1.45 bits per heavy atom. The number of piperidine rings is 1. The highest BCUT2D eigenvalue weighted by Gasteiger charge is 2.36. The molecular weight excluding hydrogens is 282 g/mol. The van der Waals surface area contributed by atoms with Gasteiger partial charge in [-0.2, -0.15) is 4.31 Å². The van der Waals surface area contributed by atoms with Crippen molar-refractivity contribution >= 4 is 15.9 Å². The minimum Gasteiger partial charge on any atom is -0.360 e. The summed E-state index contributed by atoms with van der Waals surface area (Å²) in [6.45, 7) is 3.79. The van der Waals surface area contributed by atoms with Crippen LogP contribution in [0.2, 0.25) is 0 Å². The number of nitrogens with zero attached hydrogens (tertiary/aromatic N) is 2. The van der Waals surface area contributed by atoms with Crippen molar-refractivity contribution in [1.29, 1.82) is 0 Å². The molecule has 0 bridgehead atoms. The Morgan fingerprint density at radius 3 is 2.70 bits per heavy atom. The fraction of sp³-hybridized carbons (Fsp3) is 0.667. The predicted octanol–water partition coefficient (Wildman–Crippen LogP) is 0.438. The summed E-state index contributed by atoms with van der Waals surface area (Å²) < 4.78 is 31.6. The highest BCUT2D eigenvalue weighted by atomic mass is 32.2. The molecule has 1 atom stereocenters. The molecule has 2 rings (SSSR count). The Labute approximate surface area is 118 Å². The van der Waals surface area contributed by atoms with Crippen molar-refractivity contribution in [2.75, 3.05) is 20.1 Å². The Kier molecular flexibility index (Phi) is 4.14. The molecule has 1 aromatic rings. The van der Waals surface area contributed by atoms with Crippen molar-refractivity contribution in [3.05, 3.63) is 11.5 Å². The largest absolute Gasteiger partial charge is 0.360 e. The van der Waals surface area contributed by atoms with Crippen LogP contribution >= 0.6 is 0 Å². The third kappa shape index (κ3) is 2.57. The second-order valence-corrected chi connectivity index (χ2v) is 6.84. The summed E-state index contributed by atoms with van der Waals surface area (Å²) in [5.41, 5.74) is 0.351. The minimum atomic E-state index is -3.66. The van der Waals surface area contributed by atoms with Gasteiger partial charge >= 0.3 is 0 Å². The topological polar surface area (TPSA) is 92.5 Å². The number of aromatic nitrogens is 1. The Balaban J connectivity index is 2.28. The Hall–Kier alpha value is -1.41. The van der Waals surface area contributed by atoms with Crippen LogP contribution in [0.4, 0.5) is 0 Å². The van der Waals surface area contributed by atoms with E-state index in [0.717, 1.165) is 0 Å². The number of aryl methyl sites for hydroxylation is 2. The molecule has 0 saturated carbocycles. The first kappa shape index (κ1) is 15.0. The van der Waals surface area contributed by atoms with Gasteiger partial charge in [0, 0.05) is 20.1 Å². The maximum absolute atomic E-state index is 12.6. The third-order valence-electron chi connectivity index (χ3n) is 3.57. The van der Waals surface area contributed by atoms with Crippen LogP contribution in [0.25, 0.3) is 0 Å². The first-order valence-electron chi connectivity index (χ1n) is 6.52. The molecule has 1 aliphatic heterocycles. The van der Waals surface area contributed by atoms with Crippen LogP contribution in [0.1, 0.15) is 24.3 Å². The molecule has 0 radical (unpaired) electrons. The van der Waals surface area contributed by atoms with Crippen molar-refractivity contribution in [2.45, 2.75) is 31.6 Å². The van der Waals surface area contributed by atoms with Gasteiger partial charge in [0.05, 0.1) is 5.92 Å². The quantitative estimate of drug-likeness (QED) is 0.874. The molecular formula is C12H19N3O4S. The molecule has 1 N–H and O–H groups in total. The monoisotopic (exact) mass is 301 g/mol. The van der Waals surface area contributed by atoms with Crippen molar-refractivity contribution in [3.8, 4) is 0 Å². The number of amides is 1. The number of nitrogens with one attached hydrogen (secondary N) is 1. The summed E-state index contributed by atoms with van der Waals surface area (Å²) in [5.74, 6) is -0.141. The average Bonchev–Trinajstić information content (AvgIpc) is 2.78. The smallest absolute Gasteiger partial charge is 0.248 e. The lowest BCUT2D eigenvalue weighted by molar-refractivity contribution is -0.125. The standard InChI is InChI=1S/C12H19N3O4S/c1-8-11(9(2)19-14-8)20(17,18)15-6-4-5-10(7-15)12(16)13-3/h10H,4-7H2,1-3H3,(H,13,16)/t10-/m1/s1. The molecule has 1 saturated heterocycles. The number of sulfonamides is 1. The highest BCUT2D eigenvalue weighted by molar-refractivity contribution is 7.89. The normalized spacial score (nSPS) is 20.9. The van der Waals surface area contributed by atoms with Gasteiger partial charge in [0.1, 0.15) is 10.6 Å². The summed E-state index contributed by atoms with van der Waals surface area (Å²) in [6, 6.07) is 0. The van der Waals surface area contributed by atoms with E-state index < -0.39 is 10.0 Å². The molecule has 0 aliphatic carbocycles. The van der Waals surface area contributed by atoms with E-state index in [1.54, 1.807) is 20.9 Å². The van der Waals surface area contributed by atoms with Crippen LogP contribution < -0.4 is 5.32 Å². The van der Waals surface area contributed by atoms with E-state index in [1.165, 1.54) is 4.31 Å². The molecule has 7 nitrogen and oxygen atoms in total. The molecule has 20 heavy (non-hydrogen) atoms. The van der Waals surface area contributed by atoms with E-state index in [2.05, 4.69) is 10.5 Å². The lowest BCUT2D eigenvalue weighted by atomic mass is 9.99. The molecule has 1 fully saturated rings. The molecule has 0 spiro atoms. The van der Waals surface area contributed by atoms with Crippen molar-refractivity contribution in [2.24, 2.45) is 5.92 Å². The SMILES string of the molecule is CNC(=O)[C@@H]1CCCN(S(=O)(=O)c2c(C)noc2C)C1. The number of carbonyl (C=O) groups is 1. The summed E-state index contributed by atoms with van der Waals surface area (Å²) in [6.07, 6.45) is 1.37. The van der Waals surface area contributed by atoms with Gasteiger partial charge in [-0.25, -0.2) is 8.42 Å². The van der Waals surface area contributed by atoms with Crippen molar-refractivity contribution in [3.63, 3.8) is 0 Å². The lowest BCUT2D eigenvalue weighted by Crippen LogP contribution is -2.44.